The number of benzene rings is 1. The highest BCUT2D eigenvalue weighted by atomic mass is 32.1. The molecule has 1 atom stereocenters. The number of ether oxygens (including phenoxy) is 1. The Hall–Kier alpha value is -2.05. The molecular formula is C16H16N4OS. The first kappa shape index (κ1) is 13.6. The molecule has 3 aromatic rings. The Kier molecular flexibility index (Phi) is 3.48. The molecule has 5 nitrogen and oxygen atoms in total. The Balaban J connectivity index is 1.78. The summed E-state index contributed by atoms with van der Waals surface area (Å²) in [6.45, 7) is 1.84. The van der Waals surface area contributed by atoms with Crippen LogP contribution in [0.1, 0.15) is 6.42 Å². The summed E-state index contributed by atoms with van der Waals surface area (Å²) < 4.78 is 11.1. The fourth-order valence-electron chi connectivity index (χ4n) is 2.88. The maximum absolute atomic E-state index is 5.45. The van der Waals surface area contributed by atoms with Gasteiger partial charge in [0.25, 0.3) is 0 Å². The van der Waals surface area contributed by atoms with Crippen molar-refractivity contribution >= 4 is 27.6 Å². The molecule has 0 radical (unpaired) electrons. The summed E-state index contributed by atoms with van der Waals surface area (Å²) in [7, 11) is 1.77. The molecule has 0 unspecified atom stereocenters. The molecule has 4 rings (SSSR count). The molecule has 112 valence electrons. The smallest absolute Gasteiger partial charge is 0.151 e. The van der Waals surface area contributed by atoms with Gasteiger partial charge in [-0.1, -0.05) is 30.3 Å². The Bertz CT molecular complexity index is 789. The Morgan fingerprint density at radius 3 is 2.86 bits per heavy atom. The molecule has 1 aliphatic rings. The topological polar surface area (TPSA) is 51.1 Å². The number of anilines is 1. The molecule has 1 fully saturated rings. The molecule has 0 aliphatic carbocycles. The summed E-state index contributed by atoms with van der Waals surface area (Å²) in [5.41, 5.74) is 2.96. The van der Waals surface area contributed by atoms with Crippen molar-refractivity contribution in [2.45, 2.75) is 12.5 Å². The molecule has 2 aromatic heterocycles. The molecule has 0 spiro atoms. The highest BCUT2D eigenvalue weighted by molar-refractivity contribution is 7.14. The van der Waals surface area contributed by atoms with Gasteiger partial charge in [0.2, 0.25) is 0 Å². The fourth-order valence-corrected chi connectivity index (χ4v) is 3.75. The molecule has 0 amide bonds. The van der Waals surface area contributed by atoms with Crippen molar-refractivity contribution in [2.75, 3.05) is 25.1 Å². The highest BCUT2D eigenvalue weighted by Gasteiger charge is 2.26. The van der Waals surface area contributed by atoms with Crippen LogP contribution >= 0.6 is 11.5 Å². The monoisotopic (exact) mass is 312 g/mol. The van der Waals surface area contributed by atoms with Gasteiger partial charge >= 0.3 is 0 Å². The molecule has 1 aromatic carbocycles. The van der Waals surface area contributed by atoms with Crippen molar-refractivity contribution in [3.63, 3.8) is 0 Å². The summed E-state index contributed by atoms with van der Waals surface area (Å²) in [5, 5.41) is 0. The summed E-state index contributed by atoms with van der Waals surface area (Å²) in [6.07, 6.45) is 2.96. The van der Waals surface area contributed by atoms with Gasteiger partial charge in [-0.15, -0.1) is 0 Å². The number of fused-ring (bicyclic) bond motifs is 1. The minimum atomic E-state index is 0.284. The van der Waals surface area contributed by atoms with Gasteiger partial charge in [-0.05, 0) is 18.0 Å². The third-order valence-corrected chi connectivity index (χ3v) is 4.90. The number of rotatable bonds is 3. The van der Waals surface area contributed by atoms with Crippen molar-refractivity contribution in [2.24, 2.45) is 0 Å². The van der Waals surface area contributed by atoms with Crippen LogP contribution in [0.15, 0.2) is 36.7 Å². The maximum Gasteiger partial charge on any atom is 0.151 e. The summed E-state index contributed by atoms with van der Waals surface area (Å²) in [4.78, 5) is 11.2. The molecular weight excluding hydrogens is 296 g/mol. The predicted molar refractivity (Wildman–Crippen MR) is 88.3 cm³/mol. The van der Waals surface area contributed by atoms with E-state index in [2.05, 4.69) is 31.4 Å². The van der Waals surface area contributed by atoms with E-state index in [1.807, 2.05) is 18.2 Å². The van der Waals surface area contributed by atoms with Crippen molar-refractivity contribution in [3.05, 3.63) is 36.7 Å². The van der Waals surface area contributed by atoms with Crippen LogP contribution in [0, 0.1) is 0 Å². The average Bonchev–Trinajstić information content (AvgIpc) is 3.22. The van der Waals surface area contributed by atoms with E-state index in [0.29, 0.717) is 0 Å². The van der Waals surface area contributed by atoms with Gasteiger partial charge in [-0.25, -0.2) is 9.97 Å². The zero-order valence-corrected chi connectivity index (χ0v) is 13.1. The van der Waals surface area contributed by atoms with Gasteiger partial charge in [-0.3, -0.25) is 0 Å². The van der Waals surface area contributed by atoms with Crippen LogP contribution in [-0.4, -0.2) is 40.6 Å². The zero-order chi connectivity index (χ0) is 14.9. The third-order valence-electron chi connectivity index (χ3n) is 4.06. The standard InChI is InChI=1S/C16H16N4OS/c1-21-12-7-8-20(9-12)16-15-14(17-10-18-16)13(19-22-15)11-5-3-2-4-6-11/h2-6,10,12H,7-9H2,1H3/t12-/m0/s1. The van der Waals surface area contributed by atoms with Crippen LogP contribution in [0.3, 0.4) is 0 Å². The van der Waals surface area contributed by atoms with Crippen molar-refractivity contribution in [1.82, 2.24) is 14.3 Å². The number of methoxy groups -OCH3 is 1. The van der Waals surface area contributed by atoms with Gasteiger partial charge in [0, 0.05) is 25.8 Å². The summed E-state index contributed by atoms with van der Waals surface area (Å²) in [5.74, 6) is 0.976. The van der Waals surface area contributed by atoms with Gasteiger partial charge in [0.1, 0.15) is 22.2 Å². The number of hydrogen-bond acceptors (Lipinski definition) is 6. The Morgan fingerprint density at radius 2 is 2.09 bits per heavy atom. The lowest BCUT2D eigenvalue weighted by molar-refractivity contribution is 0.121. The van der Waals surface area contributed by atoms with Crippen molar-refractivity contribution in [1.29, 1.82) is 0 Å². The SMILES string of the molecule is CO[C@H]1CCN(c2ncnc3c(-c4ccccc4)nsc23)C1. The Labute approximate surface area is 132 Å². The number of aromatic nitrogens is 3. The molecule has 3 heterocycles. The van der Waals surface area contributed by atoms with E-state index < -0.39 is 0 Å². The molecule has 1 aliphatic heterocycles. The third kappa shape index (κ3) is 2.24. The lowest BCUT2D eigenvalue weighted by atomic mass is 10.1. The van der Waals surface area contributed by atoms with Crippen LogP contribution in [0.5, 0.6) is 0 Å². The van der Waals surface area contributed by atoms with Crippen LogP contribution in [0.4, 0.5) is 5.82 Å². The van der Waals surface area contributed by atoms with E-state index in [-0.39, 0.29) is 6.10 Å². The molecule has 0 saturated carbocycles. The largest absolute Gasteiger partial charge is 0.380 e. The fraction of sp³-hybridized carbons (Fsp3) is 0.312. The van der Waals surface area contributed by atoms with Crippen LogP contribution < -0.4 is 4.90 Å². The second kappa shape index (κ2) is 5.62. The lowest BCUT2D eigenvalue weighted by Crippen LogP contribution is -2.23. The molecule has 0 bridgehead atoms. The van der Waals surface area contributed by atoms with E-state index in [1.54, 1.807) is 13.4 Å². The molecule has 22 heavy (non-hydrogen) atoms. The number of nitrogens with zero attached hydrogens (tertiary/aromatic N) is 4. The van der Waals surface area contributed by atoms with Gasteiger partial charge in [0.05, 0.1) is 6.10 Å². The maximum atomic E-state index is 5.45. The number of hydrogen-bond donors (Lipinski definition) is 0. The first-order valence-corrected chi connectivity index (χ1v) is 8.07. The van der Waals surface area contributed by atoms with E-state index in [9.17, 15) is 0 Å². The normalized spacial score (nSPS) is 18.2. The van der Waals surface area contributed by atoms with Gasteiger partial charge < -0.3 is 9.64 Å². The minimum Gasteiger partial charge on any atom is -0.380 e. The second-order valence-electron chi connectivity index (χ2n) is 5.36. The summed E-state index contributed by atoms with van der Waals surface area (Å²) in [6, 6.07) is 10.2. The molecule has 1 saturated heterocycles. The first-order valence-electron chi connectivity index (χ1n) is 7.30. The zero-order valence-electron chi connectivity index (χ0n) is 12.3. The quantitative estimate of drug-likeness (QED) is 0.744. The highest BCUT2D eigenvalue weighted by Crippen LogP contribution is 2.35. The van der Waals surface area contributed by atoms with E-state index in [0.717, 1.165) is 46.8 Å². The van der Waals surface area contributed by atoms with Crippen molar-refractivity contribution in [3.8, 4) is 11.3 Å². The van der Waals surface area contributed by atoms with Gasteiger partial charge in [-0.2, -0.15) is 4.37 Å². The molecule has 6 heteroatoms. The van der Waals surface area contributed by atoms with E-state index >= 15 is 0 Å². The molecule has 0 N–H and O–H groups in total. The van der Waals surface area contributed by atoms with Crippen LogP contribution in [-0.2, 0) is 4.74 Å². The second-order valence-corrected chi connectivity index (χ2v) is 6.14. The lowest BCUT2D eigenvalue weighted by Gasteiger charge is -2.17. The first-order chi connectivity index (χ1) is 10.9. The van der Waals surface area contributed by atoms with Gasteiger partial charge in [0.15, 0.2) is 5.82 Å². The van der Waals surface area contributed by atoms with E-state index in [1.165, 1.54) is 11.5 Å². The average molecular weight is 312 g/mol. The summed E-state index contributed by atoms with van der Waals surface area (Å²) >= 11 is 1.47. The Morgan fingerprint density at radius 1 is 1.23 bits per heavy atom. The minimum absolute atomic E-state index is 0.284. The predicted octanol–water partition coefficient (Wildman–Crippen LogP) is 2.98. The van der Waals surface area contributed by atoms with E-state index in [4.69, 9.17) is 4.74 Å². The van der Waals surface area contributed by atoms with Crippen LogP contribution in [0.2, 0.25) is 0 Å². The van der Waals surface area contributed by atoms with Crippen molar-refractivity contribution < 1.29 is 4.74 Å². The van der Waals surface area contributed by atoms with Crippen LogP contribution in [0.25, 0.3) is 21.5 Å².